The molecule has 0 bridgehead atoms. The molecule has 1 aliphatic rings. The predicted octanol–water partition coefficient (Wildman–Crippen LogP) is 3.56. The van der Waals surface area contributed by atoms with E-state index in [1.807, 2.05) is 37.3 Å². The van der Waals surface area contributed by atoms with Crippen LogP contribution in [0.15, 0.2) is 30.3 Å². The predicted molar refractivity (Wildman–Crippen MR) is 80.9 cm³/mol. The number of aliphatic carboxylic acids is 1. The highest BCUT2D eigenvalue weighted by atomic mass is 16.4. The van der Waals surface area contributed by atoms with Crippen molar-refractivity contribution in [3.05, 3.63) is 35.9 Å². The van der Waals surface area contributed by atoms with E-state index in [4.69, 9.17) is 0 Å². The van der Waals surface area contributed by atoms with E-state index in [9.17, 15) is 9.90 Å². The quantitative estimate of drug-likeness (QED) is 0.808. The summed E-state index contributed by atoms with van der Waals surface area (Å²) in [6.45, 7) is 2.00. The molecule has 2 rings (SSSR count). The van der Waals surface area contributed by atoms with E-state index < -0.39 is 12.0 Å². The van der Waals surface area contributed by atoms with Gasteiger partial charge in [-0.1, -0.05) is 62.9 Å². The van der Waals surface area contributed by atoms with Crippen LogP contribution < -0.4 is 5.32 Å². The Morgan fingerprint density at radius 2 is 1.75 bits per heavy atom. The molecule has 0 radical (unpaired) electrons. The lowest BCUT2D eigenvalue weighted by molar-refractivity contribution is -0.140. The molecule has 0 aromatic heterocycles. The molecule has 1 aromatic rings. The van der Waals surface area contributed by atoms with E-state index in [1.54, 1.807) is 0 Å². The smallest absolute Gasteiger partial charge is 0.321 e. The van der Waals surface area contributed by atoms with Gasteiger partial charge in [0.05, 0.1) is 0 Å². The molecule has 2 unspecified atom stereocenters. The topological polar surface area (TPSA) is 49.3 Å². The summed E-state index contributed by atoms with van der Waals surface area (Å²) >= 11 is 0. The van der Waals surface area contributed by atoms with Crippen LogP contribution in [0.3, 0.4) is 0 Å². The first-order chi connectivity index (χ1) is 9.68. The van der Waals surface area contributed by atoms with Crippen LogP contribution in [0.4, 0.5) is 0 Å². The fraction of sp³-hybridized carbons (Fsp3) is 0.588. The van der Waals surface area contributed by atoms with Gasteiger partial charge in [-0.15, -0.1) is 0 Å². The number of rotatable bonds is 5. The van der Waals surface area contributed by atoms with Gasteiger partial charge in [-0.2, -0.15) is 0 Å². The standard InChI is InChI=1S/C17H25NO2/c1-13(14-9-5-4-6-10-14)16(17(19)20)18-15-11-7-2-3-8-12-15/h4-6,9-10,13,15-16,18H,2-3,7-8,11-12H2,1H3,(H,19,20). The molecule has 110 valence electrons. The molecule has 1 aliphatic carbocycles. The maximum absolute atomic E-state index is 11.6. The van der Waals surface area contributed by atoms with Crippen molar-refractivity contribution < 1.29 is 9.90 Å². The Kier molecular flexibility index (Phi) is 5.60. The van der Waals surface area contributed by atoms with E-state index in [0.717, 1.165) is 18.4 Å². The third-order valence-electron chi connectivity index (χ3n) is 4.36. The molecule has 0 amide bonds. The first kappa shape index (κ1) is 15.0. The summed E-state index contributed by atoms with van der Waals surface area (Å²) in [5.74, 6) is -0.762. The van der Waals surface area contributed by atoms with Gasteiger partial charge in [-0.3, -0.25) is 4.79 Å². The number of carboxylic acids is 1. The first-order valence-corrected chi connectivity index (χ1v) is 7.72. The molecule has 0 spiro atoms. The van der Waals surface area contributed by atoms with E-state index in [-0.39, 0.29) is 5.92 Å². The number of hydrogen-bond acceptors (Lipinski definition) is 2. The van der Waals surface area contributed by atoms with Gasteiger partial charge in [-0.25, -0.2) is 0 Å². The van der Waals surface area contributed by atoms with E-state index in [2.05, 4.69) is 5.32 Å². The minimum Gasteiger partial charge on any atom is -0.480 e. The minimum absolute atomic E-state index is 0.0167. The highest BCUT2D eigenvalue weighted by Crippen LogP contribution is 2.23. The molecule has 3 heteroatoms. The number of benzene rings is 1. The summed E-state index contributed by atoms with van der Waals surface area (Å²) < 4.78 is 0. The van der Waals surface area contributed by atoms with Crippen LogP contribution in [0, 0.1) is 0 Å². The molecule has 0 aliphatic heterocycles. The second-order valence-corrected chi connectivity index (χ2v) is 5.87. The largest absolute Gasteiger partial charge is 0.480 e. The summed E-state index contributed by atoms with van der Waals surface area (Å²) in [7, 11) is 0. The van der Waals surface area contributed by atoms with Crippen LogP contribution in [0.5, 0.6) is 0 Å². The highest BCUT2D eigenvalue weighted by molar-refractivity contribution is 5.75. The van der Waals surface area contributed by atoms with E-state index >= 15 is 0 Å². The van der Waals surface area contributed by atoms with Crippen LogP contribution in [-0.4, -0.2) is 23.2 Å². The van der Waals surface area contributed by atoms with Gasteiger partial charge in [0.25, 0.3) is 0 Å². The third-order valence-corrected chi connectivity index (χ3v) is 4.36. The molecule has 1 saturated carbocycles. The lowest BCUT2D eigenvalue weighted by Crippen LogP contribution is -2.46. The third kappa shape index (κ3) is 4.07. The summed E-state index contributed by atoms with van der Waals surface area (Å²) in [6, 6.07) is 9.77. The van der Waals surface area contributed by atoms with Gasteiger partial charge < -0.3 is 10.4 Å². The van der Waals surface area contributed by atoms with Crippen LogP contribution in [-0.2, 0) is 4.79 Å². The molecule has 2 N–H and O–H groups in total. The molecule has 0 heterocycles. The Labute approximate surface area is 121 Å². The fourth-order valence-electron chi connectivity index (χ4n) is 3.08. The van der Waals surface area contributed by atoms with Gasteiger partial charge >= 0.3 is 5.97 Å². The zero-order valence-corrected chi connectivity index (χ0v) is 12.2. The first-order valence-electron chi connectivity index (χ1n) is 7.72. The van der Waals surface area contributed by atoms with Gasteiger partial charge in [0.1, 0.15) is 6.04 Å². The molecule has 0 saturated heterocycles. The minimum atomic E-state index is -0.745. The summed E-state index contributed by atoms with van der Waals surface area (Å²) in [4.78, 5) is 11.6. The fourth-order valence-corrected chi connectivity index (χ4v) is 3.08. The number of nitrogens with one attached hydrogen (secondary N) is 1. The lowest BCUT2D eigenvalue weighted by Gasteiger charge is -2.27. The van der Waals surface area contributed by atoms with Gasteiger partial charge in [0, 0.05) is 12.0 Å². The van der Waals surface area contributed by atoms with Crippen molar-refractivity contribution in [1.82, 2.24) is 5.32 Å². The van der Waals surface area contributed by atoms with Crippen molar-refractivity contribution in [1.29, 1.82) is 0 Å². The van der Waals surface area contributed by atoms with Crippen LogP contribution >= 0.6 is 0 Å². The SMILES string of the molecule is CC(c1ccccc1)C(NC1CCCCCC1)C(=O)O. The van der Waals surface area contributed by atoms with Crippen molar-refractivity contribution in [3.8, 4) is 0 Å². The maximum atomic E-state index is 11.6. The van der Waals surface area contributed by atoms with Crippen LogP contribution in [0.1, 0.15) is 56.9 Å². The summed E-state index contributed by atoms with van der Waals surface area (Å²) in [6.07, 6.45) is 7.19. The number of carbonyl (C=O) groups is 1. The summed E-state index contributed by atoms with van der Waals surface area (Å²) in [5, 5.41) is 12.9. The second-order valence-electron chi connectivity index (χ2n) is 5.87. The monoisotopic (exact) mass is 275 g/mol. The summed E-state index contributed by atoms with van der Waals surface area (Å²) in [5.41, 5.74) is 1.08. The average Bonchev–Trinajstić information content (AvgIpc) is 2.73. The Balaban J connectivity index is 2.04. The lowest BCUT2D eigenvalue weighted by atomic mass is 9.92. The van der Waals surface area contributed by atoms with Crippen molar-refractivity contribution in [2.45, 2.75) is 63.5 Å². The normalized spacial score (nSPS) is 20.1. The maximum Gasteiger partial charge on any atom is 0.321 e. The second kappa shape index (κ2) is 7.44. The van der Waals surface area contributed by atoms with Crippen molar-refractivity contribution in [2.24, 2.45) is 0 Å². The van der Waals surface area contributed by atoms with Gasteiger partial charge in [0.2, 0.25) is 0 Å². The Bertz CT molecular complexity index is 410. The average molecular weight is 275 g/mol. The van der Waals surface area contributed by atoms with E-state index in [0.29, 0.717) is 6.04 Å². The molecule has 3 nitrogen and oxygen atoms in total. The molecular formula is C17H25NO2. The molecule has 20 heavy (non-hydrogen) atoms. The van der Waals surface area contributed by atoms with Crippen LogP contribution in [0.2, 0.25) is 0 Å². The zero-order chi connectivity index (χ0) is 14.4. The highest BCUT2D eigenvalue weighted by Gasteiger charge is 2.28. The van der Waals surface area contributed by atoms with Crippen LogP contribution in [0.25, 0.3) is 0 Å². The van der Waals surface area contributed by atoms with Crippen molar-refractivity contribution in [2.75, 3.05) is 0 Å². The van der Waals surface area contributed by atoms with Gasteiger partial charge in [-0.05, 0) is 18.4 Å². The van der Waals surface area contributed by atoms with Crippen molar-refractivity contribution in [3.63, 3.8) is 0 Å². The Hall–Kier alpha value is -1.35. The molecule has 2 atom stereocenters. The Morgan fingerprint density at radius 1 is 1.15 bits per heavy atom. The number of carboxylic acid groups (broad SMARTS) is 1. The molecular weight excluding hydrogens is 250 g/mol. The number of hydrogen-bond donors (Lipinski definition) is 2. The van der Waals surface area contributed by atoms with Gasteiger partial charge in [0.15, 0.2) is 0 Å². The molecule has 1 aromatic carbocycles. The Morgan fingerprint density at radius 3 is 2.30 bits per heavy atom. The van der Waals surface area contributed by atoms with E-state index in [1.165, 1.54) is 25.7 Å². The van der Waals surface area contributed by atoms with Crippen molar-refractivity contribution >= 4 is 5.97 Å². The zero-order valence-electron chi connectivity index (χ0n) is 12.2. The molecule has 1 fully saturated rings.